The van der Waals surface area contributed by atoms with E-state index in [0.717, 1.165) is 16.3 Å². The van der Waals surface area contributed by atoms with Crippen molar-refractivity contribution in [2.75, 3.05) is 5.32 Å². The summed E-state index contributed by atoms with van der Waals surface area (Å²) in [5, 5.41) is 16.1. The minimum atomic E-state index is -1.37. The van der Waals surface area contributed by atoms with Gasteiger partial charge in [-0.3, -0.25) is 4.79 Å². The van der Waals surface area contributed by atoms with E-state index in [4.69, 9.17) is 11.6 Å². The first-order valence-corrected chi connectivity index (χ1v) is 7.70. The van der Waals surface area contributed by atoms with Crippen molar-refractivity contribution in [3.8, 4) is 0 Å². The fourth-order valence-corrected chi connectivity index (χ4v) is 2.78. The highest BCUT2D eigenvalue weighted by molar-refractivity contribution is 6.31. The van der Waals surface area contributed by atoms with Gasteiger partial charge in [0.2, 0.25) is 5.91 Å². The third-order valence-corrected chi connectivity index (χ3v) is 3.94. The van der Waals surface area contributed by atoms with Gasteiger partial charge in [0.1, 0.15) is 0 Å². The quantitative estimate of drug-likeness (QED) is 0.795. The number of amides is 1. The fourth-order valence-electron chi connectivity index (χ4n) is 2.61. The molecule has 1 amide bonds. The molecule has 1 N–H and O–H groups in total. The number of carbonyl (C=O) groups is 2. The summed E-state index contributed by atoms with van der Waals surface area (Å²) < 4.78 is 0. The Morgan fingerprint density at radius 1 is 1.00 bits per heavy atom. The van der Waals surface area contributed by atoms with Crippen molar-refractivity contribution in [3.63, 3.8) is 0 Å². The maximum absolute atomic E-state index is 12.3. The lowest BCUT2D eigenvalue weighted by molar-refractivity contribution is -0.254. The second-order valence-electron chi connectivity index (χ2n) is 5.34. The molecule has 120 valence electrons. The van der Waals surface area contributed by atoms with Crippen LogP contribution in [0.15, 0.2) is 60.7 Å². The molecular weight excluding hydrogens is 326 g/mol. The predicted octanol–water partition coefficient (Wildman–Crippen LogP) is 3.04. The number of fused-ring (bicyclic) bond motifs is 1. The van der Waals surface area contributed by atoms with E-state index in [0.29, 0.717) is 5.02 Å². The van der Waals surface area contributed by atoms with Gasteiger partial charge in [0.15, 0.2) is 0 Å². The highest BCUT2D eigenvalue weighted by atomic mass is 35.5. The fraction of sp³-hybridized carbons (Fsp3) is 0.0526. The summed E-state index contributed by atoms with van der Waals surface area (Å²) in [6, 6.07) is 17.6. The summed E-state index contributed by atoms with van der Waals surface area (Å²) in [6.45, 7) is 0. The molecule has 3 rings (SSSR count). The number of carbonyl (C=O) groups excluding carboxylic acids is 2. The van der Waals surface area contributed by atoms with Crippen molar-refractivity contribution in [2.45, 2.75) is 6.42 Å². The Kier molecular flexibility index (Phi) is 4.49. The Morgan fingerprint density at radius 2 is 1.75 bits per heavy atom. The number of hydrogen-bond donors (Lipinski definition) is 1. The van der Waals surface area contributed by atoms with Crippen LogP contribution < -0.4 is 10.4 Å². The second kappa shape index (κ2) is 6.72. The monoisotopic (exact) mass is 338 g/mol. The molecule has 0 unspecified atom stereocenters. The van der Waals surface area contributed by atoms with E-state index < -0.39 is 5.97 Å². The molecule has 0 radical (unpaired) electrons. The van der Waals surface area contributed by atoms with Crippen LogP contribution in [0, 0.1) is 0 Å². The normalized spacial score (nSPS) is 10.5. The standard InChI is InChI=1S/C19H14ClNO3/c20-14-8-9-16(19(23)24)17(11-14)21-18(22)10-13-6-3-5-12-4-1-2-7-15(12)13/h1-9,11H,10H2,(H,21,22)(H,23,24)/p-1. The molecule has 0 saturated heterocycles. The average Bonchev–Trinajstić information content (AvgIpc) is 2.55. The van der Waals surface area contributed by atoms with Crippen LogP contribution in [0.1, 0.15) is 15.9 Å². The van der Waals surface area contributed by atoms with E-state index in [1.165, 1.54) is 18.2 Å². The first-order chi connectivity index (χ1) is 11.5. The molecule has 24 heavy (non-hydrogen) atoms. The van der Waals surface area contributed by atoms with Crippen LogP contribution in [-0.4, -0.2) is 11.9 Å². The highest BCUT2D eigenvalue weighted by Crippen LogP contribution is 2.22. The van der Waals surface area contributed by atoms with Crippen molar-refractivity contribution in [1.29, 1.82) is 0 Å². The van der Waals surface area contributed by atoms with E-state index in [1.807, 2.05) is 42.5 Å². The number of anilines is 1. The maximum Gasteiger partial charge on any atom is 0.228 e. The van der Waals surface area contributed by atoms with E-state index in [9.17, 15) is 14.7 Å². The molecule has 0 bridgehead atoms. The second-order valence-corrected chi connectivity index (χ2v) is 5.78. The molecule has 0 aliphatic carbocycles. The van der Waals surface area contributed by atoms with Crippen molar-refractivity contribution >= 4 is 39.9 Å². The van der Waals surface area contributed by atoms with Crippen LogP contribution in [0.3, 0.4) is 0 Å². The molecule has 0 saturated carbocycles. The van der Waals surface area contributed by atoms with Gasteiger partial charge >= 0.3 is 0 Å². The largest absolute Gasteiger partial charge is 0.545 e. The first-order valence-electron chi connectivity index (χ1n) is 7.32. The Morgan fingerprint density at radius 3 is 2.54 bits per heavy atom. The van der Waals surface area contributed by atoms with Crippen LogP contribution in [0.4, 0.5) is 5.69 Å². The maximum atomic E-state index is 12.3. The highest BCUT2D eigenvalue weighted by Gasteiger charge is 2.11. The molecule has 5 heteroatoms. The Hall–Kier alpha value is -2.85. The zero-order chi connectivity index (χ0) is 17.1. The van der Waals surface area contributed by atoms with Gasteiger partial charge in [-0.2, -0.15) is 0 Å². The summed E-state index contributed by atoms with van der Waals surface area (Å²) in [5.74, 6) is -1.69. The number of rotatable bonds is 4. The predicted molar refractivity (Wildman–Crippen MR) is 92.1 cm³/mol. The molecule has 0 fully saturated rings. The van der Waals surface area contributed by atoms with Gasteiger partial charge in [0.25, 0.3) is 0 Å². The lowest BCUT2D eigenvalue weighted by atomic mass is 10.0. The summed E-state index contributed by atoms with van der Waals surface area (Å²) in [4.78, 5) is 23.5. The van der Waals surface area contributed by atoms with Gasteiger partial charge in [-0.1, -0.05) is 54.1 Å². The van der Waals surface area contributed by atoms with E-state index in [-0.39, 0.29) is 23.6 Å². The van der Waals surface area contributed by atoms with Gasteiger partial charge in [-0.15, -0.1) is 0 Å². The smallest absolute Gasteiger partial charge is 0.228 e. The number of benzene rings is 3. The number of carboxylic acid groups (broad SMARTS) is 1. The summed E-state index contributed by atoms with van der Waals surface area (Å²) in [6.07, 6.45) is 0.125. The zero-order valence-electron chi connectivity index (χ0n) is 12.6. The van der Waals surface area contributed by atoms with E-state index >= 15 is 0 Å². The minimum absolute atomic E-state index is 0.106. The minimum Gasteiger partial charge on any atom is -0.545 e. The lowest BCUT2D eigenvalue weighted by Crippen LogP contribution is -2.25. The third kappa shape index (κ3) is 3.39. The van der Waals surface area contributed by atoms with Crippen molar-refractivity contribution in [1.82, 2.24) is 0 Å². The van der Waals surface area contributed by atoms with Gasteiger partial charge in [-0.05, 0) is 34.5 Å². The molecule has 3 aromatic rings. The molecule has 0 heterocycles. The molecule has 0 spiro atoms. The molecule has 3 aromatic carbocycles. The van der Waals surface area contributed by atoms with Crippen molar-refractivity contribution < 1.29 is 14.7 Å². The van der Waals surface area contributed by atoms with Crippen molar-refractivity contribution in [3.05, 3.63) is 76.8 Å². The zero-order valence-corrected chi connectivity index (χ0v) is 13.3. The molecule has 0 aromatic heterocycles. The molecule has 0 aliphatic heterocycles. The van der Waals surface area contributed by atoms with E-state index in [1.54, 1.807) is 0 Å². The van der Waals surface area contributed by atoms with Gasteiger partial charge in [0, 0.05) is 10.6 Å². The van der Waals surface area contributed by atoms with Gasteiger partial charge < -0.3 is 15.2 Å². The number of hydrogen-bond acceptors (Lipinski definition) is 3. The summed E-state index contributed by atoms with van der Waals surface area (Å²) in [7, 11) is 0. The van der Waals surface area contributed by atoms with E-state index in [2.05, 4.69) is 5.32 Å². The van der Waals surface area contributed by atoms with Crippen LogP contribution in [0.25, 0.3) is 10.8 Å². The Labute approximate surface area is 143 Å². The number of halogens is 1. The third-order valence-electron chi connectivity index (χ3n) is 3.71. The van der Waals surface area contributed by atoms with Gasteiger partial charge in [-0.25, -0.2) is 0 Å². The lowest BCUT2D eigenvalue weighted by Gasteiger charge is -2.13. The van der Waals surface area contributed by atoms with Crippen LogP contribution in [-0.2, 0) is 11.2 Å². The number of nitrogens with one attached hydrogen (secondary N) is 1. The average molecular weight is 339 g/mol. The topological polar surface area (TPSA) is 69.2 Å². The Bertz CT molecular complexity index is 932. The summed E-state index contributed by atoms with van der Waals surface area (Å²) >= 11 is 5.88. The Balaban J connectivity index is 1.86. The molecule has 0 atom stereocenters. The van der Waals surface area contributed by atoms with Gasteiger partial charge in [0.05, 0.1) is 18.1 Å². The van der Waals surface area contributed by atoms with Crippen LogP contribution in [0.5, 0.6) is 0 Å². The van der Waals surface area contributed by atoms with Crippen LogP contribution in [0.2, 0.25) is 5.02 Å². The SMILES string of the molecule is O=C(Cc1cccc2ccccc12)Nc1cc(Cl)ccc1C(=O)[O-]. The molecule has 4 nitrogen and oxygen atoms in total. The molecular formula is C19H13ClNO3-. The molecule has 0 aliphatic rings. The van der Waals surface area contributed by atoms with Crippen LogP contribution >= 0.6 is 11.6 Å². The first kappa shape index (κ1) is 16.0. The van der Waals surface area contributed by atoms with Crippen molar-refractivity contribution in [2.24, 2.45) is 0 Å². The number of aromatic carboxylic acids is 1. The number of carboxylic acids is 1. The summed E-state index contributed by atoms with van der Waals surface area (Å²) in [5.41, 5.74) is 0.890.